The Morgan fingerprint density at radius 3 is 2.88 bits per heavy atom. The summed E-state index contributed by atoms with van der Waals surface area (Å²) in [7, 11) is 1.54. The van der Waals surface area contributed by atoms with E-state index in [1.165, 1.54) is 17.5 Å². The number of carbonyl (C=O) groups is 1. The van der Waals surface area contributed by atoms with Crippen LogP contribution in [0.5, 0.6) is 11.5 Å². The van der Waals surface area contributed by atoms with Crippen molar-refractivity contribution >= 4 is 32.6 Å². The average Bonchev–Trinajstić information content (AvgIpc) is 3.07. The zero-order valence-electron chi connectivity index (χ0n) is 14.0. The predicted octanol–water partition coefficient (Wildman–Crippen LogP) is 1.61. The molecular weight excluding hydrogens is 356 g/mol. The topological polar surface area (TPSA) is 117 Å². The van der Waals surface area contributed by atoms with Gasteiger partial charge in [0.1, 0.15) is 17.2 Å². The minimum atomic E-state index is -0.831. The van der Waals surface area contributed by atoms with E-state index < -0.39 is 6.10 Å². The summed E-state index contributed by atoms with van der Waals surface area (Å²) in [6, 6.07) is 8.70. The molecule has 0 fully saturated rings. The highest BCUT2D eigenvalue weighted by Crippen LogP contribution is 2.31. The molecule has 4 N–H and O–H groups in total. The molecule has 3 rings (SSSR count). The first-order chi connectivity index (χ1) is 12.6. The van der Waals surface area contributed by atoms with E-state index in [0.717, 1.165) is 10.2 Å². The van der Waals surface area contributed by atoms with Gasteiger partial charge in [0.25, 0.3) is 5.91 Å². The van der Waals surface area contributed by atoms with Crippen LogP contribution in [0.3, 0.4) is 0 Å². The van der Waals surface area contributed by atoms with Gasteiger partial charge in [-0.25, -0.2) is 4.98 Å². The molecule has 0 aliphatic rings. The van der Waals surface area contributed by atoms with Crippen LogP contribution in [-0.4, -0.2) is 52.4 Å². The molecule has 1 atom stereocenters. The summed E-state index contributed by atoms with van der Waals surface area (Å²) in [5, 5.41) is 24.4. The number of hydrogen-bond acceptors (Lipinski definition) is 8. The fourth-order valence-electron chi connectivity index (χ4n) is 2.18. The first-order valence-electron chi connectivity index (χ1n) is 7.88. The number of amides is 1. The summed E-state index contributed by atoms with van der Waals surface area (Å²) < 4.78 is 6.72. The normalized spacial score (nSPS) is 12.0. The minimum Gasteiger partial charge on any atom is -0.457 e. The highest BCUT2D eigenvalue weighted by molar-refractivity contribution is 7.22. The largest absolute Gasteiger partial charge is 0.457 e. The quantitative estimate of drug-likeness (QED) is 0.496. The van der Waals surface area contributed by atoms with E-state index >= 15 is 0 Å². The number of nitrogens with zero attached hydrogens (tertiary/aromatic N) is 2. The van der Waals surface area contributed by atoms with Crippen molar-refractivity contribution in [3.63, 3.8) is 0 Å². The highest BCUT2D eigenvalue weighted by Gasteiger charge is 2.09. The third kappa shape index (κ3) is 4.26. The summed E-state index contributed by atoms with van der Waals surface area (Å²) in [5.74, 6) is 0.832. The second-order valence-corrected chi connectivity index (χ2v) is 6.45. The lowest BCUT2D eigenvalue weighted by molar-refractivity contribution is 0.0958. The Hall–Kier alpha value is -2.75. The third-order valence-corrected chi connectivity index (χ3v) is 4.46. The van der Waals surface area contributed by atoms with Crippen molar-refractivity contribution in [2.75, 3.05) is 25.5 Å². The Balaban J connectivity index is 1.76. The lowest BCUT2D eigenvalue weighted by atomic mass is 10.3. The number of pyridine rings is 1. The van der Waals surface area contributed by atoms with Crippen molar-refractivity contribution in [1.82, 2.24) is 15.3 Å². The van der Waals surface area contributed by atoms with Crippen LogP contribution < -0.4 is 15.4 Å². The Labute approximate surface area is 153 Å². The number of benzene rings is 1. The van der Waals surface area contributed by atoms with Gasteiger partial charge in [0.15, 0.2) is 5.13 Å². The molecular formula is C17H18N4O4S. The maximum Gasteiger partial charge on any atom is 0.269 e. The number of nitrogens with one attached hydrogen (secondary N) is 2. The number of ether oxygens (including phenoxy) is 1. The van der Waals surface area contributed by atoms with Crippen LogP contribution >= 0.6 is 11.3 Å². The SMILES string of the molecule is CNC(=O)c1cc(Oc2ccc3nc(NCC(O)CO)sc3c2)ccn1. The molecule has 1 aromatic carbocycles. The van der Waals surface area contributed by atoms with Crippen LogP contribution in [0.15, 0.2) is 36.5 Å². The smallest absolute Gasteiger partial charge is 0.269 e. The van der Waals surface area contributed by atoms with Crippen molar-refractivity contribution in [3.8, 4) is 11.5 Å². The van der Waals surface area contributed by atoms with Gasteiger partial charge in [-0.15, -0.1) is 0 Å². The maximum atomic E-state index is 11.7. The Bertz CT molecular complexity index is 915. The van der Waals surface area contributed by atoms with Gasteiger partial charge in [0.2, 0.25) is 0 Å². The van der Waals surface area contributed by atoms with E-state index in [4.69, 9.17) is 9.84 Å². The van der Waals surface area contributed by atoms with Crippen molar-refractivity contribution in [3.05, 3.63) is 42.2 Å². The highest BCUT2D eigenvalue weighted by atomic mass is 32.1. The molecule has 2 heterocycles. The first-order valence-corrected chi connectivity index (χ1v) is 8.70. The second kappa shape index (κ2) is 8.09. The molecule has 0 saturated carbocycles. The standard InChI is InChI=1S/C17H18N4O4S/c1-18-16(24)14-6-12(4-5-19-14)25-11-2-3-13-15(7-11)26-17(21-13)20-8-10(23)9-22/h2-7,10,22-23H,8-9H2,1H3,(H,18,24)(H,20,21). The fraction of sp³-hybridized carbons (Fsp3) is 0.235. The van der Waals surface area contributed by atoms with Gasteiger partial charge in [0, 0.05) is 31.9 Å². The Morgan fingerprint density at radius 2 is 2.12 bits per heavy atom. The van der Waals surface area contributed by atoms with E-state index in [-0.39, 0.29) is 24.8 Å². The molecule has 3 aromatic rings. The average molecular weight is 374 g/mol. The van der Waals surface area contributed by atoms with Crippen LogP contribution in [0.1, 0.15) is 10.5 Å². The number of fused-ring (bicyclic) bond motifs is 1. The molecule has 1 amide bonds. The molecule has 0 bridgehead atoms. The number of anilines is 1. The summed E-state index contributed by atoms with van der Waals surface area (Å²) in [5.41, 5.74) is 1.07. The molecule has 0 aliphatic heterocycles. The Kier molecular flexibility index (Phi) is 5.61. The molecule has 0 radical (unpaired) electrons. The molecule has 2 aromatic heterocycles. The van der Waals surface area contributed by atoms with Gasteiger partial charge in [-0.05, 0) is 18.2 Å². The molecule has 8 nitrogen and oxygen atoms in total. The molecule has 136 valence electrons. The van der Waals surface area contributed by atoms with Gasteiger partial charge >= 0.3 is 0 Å². The van der Waals surface area contributed by atoms with E-state index in [1.54, 1.807) is 25.2 Å². The van der Waals surface area contributed by atoms with Gasteiger partial charge < -0.3 is 25.6 Å². The number of aliphatic hydroxyl groups is 2. The van der Waals surface area contributed by atoms with Gasteiger partial charge in [0.05, 0.1) is 22.9 Å². The van der Waals surface area contributed by atoms with Crippen LogP contribution in [-0.2, 0) is 0 Å². The van der Waals surface area contributed by atoms with Crippen LogP contribution in [0.4, 0.5) is 5.13 Å². The molecule has 9 heteroatoms. The molecule has 1 unspecified atom stereocenters. The summed E-state index contributed by atoms with van der Waals surface area (Å²) in [6.07, 6.45) is 0.682. The number of hydrogen-bond donors (Lipinski definition) is 4. The zero-order valence-corrected chi connectivity index (χ0v) is 14.8. The van der Waals surface area contributed by atoms with Gasteiger partial charge in [-0.2, -0.15) is 0 Å². The molecule has 26 heavy (non-hydrogen) atoms. The second-order valence-electron chi connectivity index (χ2n) is 5.42. The van der Waals surface area contributed by atoms with Crippen LogP contribution in [0.25, 0.3) is 10.2 Å². The van der Waals surface area contributed by atoms with Gasteiger partial charge in [-0.3, -0.25) is 9.78 Å². The van der Waals surface area contributed by atoms with E-state index in [9.17, 15) is 9.90 Å². The van der Waals surface area contributed by atoms with Crippen molar-refractivity contribution in [2.24, 2.45) is 0 Å². The van der Waals surface area contributed by atoms with E-state index in [0.29, 0.717) is 16.6 Å². The lowest BCUT2D eigenvalue weighted by Crippen LogP contribution is -2.22. The van der Waals surface area contributed by atoms with Crippen LogP contribution in [0.2, 0.25) is 0 Å². The molecule has 0 saturated heterocycles. The number of rotatable bonds is 7. The fourth-order valence-corrected chi connectivity index (χ4v) is 3.08. The summed E-state index contributed by atoms with van der Waals surface area (Å²) in [4.78, 5) is 20.1. The summed E-state index contributed by atoms with van der Waals surface area (Å²) in [6.45, 7) is -0.0845. The first kappa shape index (κ1) is 18.1. The van der Waals surface area contributed by atoms with Crippen molar-refractivity contribution in [1.29, 1.82) is 0 Å². The van der Waals surface area contributed by atoms with Gasteiger partial charge in [-0.1, -0.05) is 11.3 Å². The third-order valence-electron chi connectivity index (χ3n) is 3.49. The lowest BCUT2D eigenvalue weighted by Gasteiger charge is -2.06. The van der Waals surface area contributed by atoms with Crippen molar-refractivity contribution < 1.29 is 19.7 Å². The zero-order chi connectivity index (χ0) is 18.5. The number of carbonyl (C=O) groups excluding carboxylic acids is 1. The Morgan fingerprint density at radius 1 is 1.31 bits per heavy atom. The number of aromatic nitrogens is 2. The summed E-state index contributed by atoms with van der Waals surface area (Å²) >= 11 is 1.41. The predicted molar refractivity (Wildman–Crippen MR) is 98.9 cm³/mol. The van der Waals surface area contributed by atoms with E-state index in [2.05, 4.69) is 20.6 Å². The maximum absolute atomic E-state index is 11.7. The molecule has 0 spiro atoms. The monoisotopic (exact) mass is 374 g/mol. The minimum absolute atomic E-state index is 0.221. The molecule has 0 aliphatic carbocycles. The van der Waals surface area contributed by atoms with E-state index in [1.807, 2.05) is 12.1 Å². The number of thiazole rings is 1. The van der Waals surface area contributed by atoms with Crippen molar-refractivity contribution in [2.45, 2.75) is 6.10 Å². The van der Waals surface area contributed by atoms with Crippen LogP contribution in [0, 0.1) is 0 Å². The number of aliphatic hydroxyl groups excluding tert-OH is 2.